The van der Waals surface area contributed by atoms with Crippen molar-refractivity contribution in [3.05, 3.63) is 0 Å². The fraction of sp³-hybridized carbons (Fsp3) is 0.929. The summed E-state index contributed by atoms with van der Waals surface area (Å²) in [4.78, 5) is 14.3. The highest BCUT2D eigenvalue weighted by molar-refractivity contribution is 7.89. The summed E-state index contributed by atoms with van der Waals surface area (Å²) < 4.78 is 22.2. The predicted octanol–water partition coefficient (Wildman–Crippen LogP) is 1.73. The number of hydrogen-bond acceptors (Lipinski definition) is 3. The van der Waals surface area contributed by atoms with Crippen LogP contribution in [-0.2, 0) is 14.8 Å². The van der Waals surface area contributed by atoms with Gasteiger partial charge in [-0.15, -0.1) is 0 Å². The molecular weight excluding hydrogens is 276 g/mol. The van der Waals surface area contributed by atoms with Crippen LogP contribution in [0.1, 0.15) is 52.4 Å². The van der Waals surface area contributed by atoms with Crippen LogP contribution in [0.4, 0.5) is 0 Å². The zero-order valence-corrected chi connectivity index (χ0v) is 13.5. The number of hydrogen-bond donors (Lipinski definition) is 1. The molecule has 20 heavy (non-hydrogen) atoms. The first kappa shape index (κ1) is 17.4. The number of nitrogens with zero attached hydrogens (tertiary/aromatic N) is 1. The summed E-state index contributed by atoms with van der Waals surface area (Å²) >= 11 is 0. The Hall–Kier alpha value is -0.620. The quantitative estimate of drug-likeness (QED) is 0.777. The molecule has 1 fully saturated rings. The smallest absolute Gasteiger partial charge is 0.225 e. The van der Waals surface area contributed by atoms with Crippen LogP contribution in [0.5, 0.6) is 0 Å². The molecule has 0 spiro atoms. The number of primary sulfonamides is 1. The van der Waals surface area contributed by atoms with Crippen molar-refractivity contribution >= 4 is 15.9 Å². The molecule has 1 rings (SSSR count). The van der Waals surface area contributed by atoms with Crippen LogP contribution in [0.2, 0.25) is 0 Å². The Balaban J connectivity index is 2.45. The third kappa shape index (κ3) is 5.79. The Labute approximate surface area is 122 Å². The van der Waals surface area contributed by atoms with E-state index in [1.807, 2.05) is 4.90 Å². The van der Waals surface area contributed by atoms with Crippen LogP contribution < -0.4 is 5.14 Å². The largest absolute Gasteiger partial charge is 0.342 e. The molecule has 1 heterocycles. The third-order valence-corrected chi connectivity index (χ3v) is 5.08. The summed E-state index contributed by atoms with van der Waals surface area (Å²) in [5.74, 6) is 0.520. The summed E-state index contributed by atoms with van der Waals surface area (Å²) in [5, 5.41) is 5.08. The zero-order valence-electron chi connectivity index (χ0n) is 12.7. The summed E-state index contributed by atoms with van der Waals surface area (Å²) in [5.41, 5.74) is 0. The van der Waals surface area contributed by atoms with Crippen LogP contribution in [0.25, 0.3) is 0 Å². The molecular formula is C14H28N2O3S. The molecule has 1 unspecified atom stereocenters. The lowest BCUT2D eigenvalue weighted by Crippen LogP contribution is -2.43. The van der Waals surface area contributed by atoms with Gasteiger partial charge in [-0.3, -0.25) is 4.79 Å². The monoisotopic (exact) mass is 304 g/mol. The van der Waals surface area contributed by atoms with E-state index < -0.39 is 10.0 Å². The molecule has 0 aromatic heterocycles. The van der Waals surface area contributed by atoms with E-state index in [2.05, 4.69) is 13.8 Å². The lowest BCUT2D eigenvalue weighted by atomic mass is 9.94. The van der Waals surface area contributed by atoms with Gasteiger partial charge in [0.05, 0.1) is 5.75 Å². The standard InChI is InChI=1S/C14H28N2O3S/c1-3-5-6-13(4-2)14(17)16-9-7-12(8-10-16)11-20(15,18)19/h12-13H,3-11H2,1-2H3,(H2,15,18,19). The summed E-state index contributed by atoms with van der Waals surface area (Å²) in [6.07, 6.45) is 5.53. The van der Waals surface area contributed by atoms with Crippen molar-refractivity contribution in [2.75, 3.05) is 18.8 Å². The van der Waals surface area contributed by atoms with Crippen molar-refractivity contribution in [3.8, 4) is 0 Å². The van der Waals surface area contributed by atoms with E-state index in [4.69, 9.17) is 5.14 Å². The van der Waals surface area contributed by atoms with E-state index in [1.165, 1.54) is 0 Å². The van der Waals surface area contributed by atoms with Gasteiger partial charge in [0.25, 0.3) is 0 Å². The van der Waals surface area contributed by atoms with Crippen LogP contribution in [0.3, 0.4) is 0 Å². The summed E-state index contributed by atoms with van der Waals surface area (Å²) in [6, 6.07) is 0. The first-order valence-electron chi connectivity index (χ1n) is 7.66. The fourth-order valence-electron chi connectivity index (χ4n) is 2.86. The highest BCUT2D eigenvalue weighted by Crippen LogP contribution is 2.22. The van der Waals surface area contributed by atoms with Gasteiger partial charge in [-0.1, -0.05) is 26.7 Å². The lowest BCUT2D eigenvalue weighted by molar-refractivity contribution is -0.137. The topological polar surface area (TPSA) is 80.5 Å². The van der Waals surface area contributed by atoms with Gasteiger partial charge in [0.15, 0.2) is 0 Å². The summed E-state index contributed by atoms with van der Waals surface area (Å²) in [6.45, 7) is 5.53. The second kappa shape index (κ2) is 7.98. The van der Waals surface area contributed by atoms with Gasteiger partial charge >= 0.3 is 0 Å². The highest BCUT2D eigenvalue weighted by Gasteiger charge is 2.28. The van der Waals surface area contributed by atoms with E-state index in [0.717, 1.165) is 38.5 Å². The maximum absolute atomic E-state index is 12.4. The Morgan fingerprint density at radius 2 is 1.90 bits per heavy atom. The normalized spacial score (nSPS) is 19.1. The van der Waals surface area contributed by atoms with E-state index in [-0.39, 0.29) is 23.5 Å². The molecule has 1 aliphatic rings. The van der Waals surface area contributed by atoms with Gasteiger partial charge in [0.1, 0.15) is 0 Å². The SMILES string of the molecule is CCCCC(CC)C(=O)N1CCC(CS(N)(=O)=O)CC1. The Morgan fingerprint density at radius 1 is 1.30 bits per heavy atom. The van der Waals surface area contributed by atoms with Crippen LogP contribution in [-0.4, -0.2) is 38.1 Å². The van der Waals surface area contributed by atoms with Crippen molar-refractivity contribution < 1.29 is 13.2 Å². The second-order valence-corrected chi connectivity index (χ2v) is 7.50. The molecule has 0 aromatic rings. The molecule has 0 aliphatic carbocycles. The number of unbranched alkanes of at least 4 members (excludes halogenated alkanes) is 1. The Bertz CT molecular complexity index is 401. The first-order chi connectivity index (χ1) is 9.37. The van der Waals surface area contributed by atoms with E-state index >= 15 is 0 Å². The van der Waals surface area contributed by atoms with Crippen LogP contribution in [0.15, 0.2) is 0 Å². The number of carbonyl (C=O) groups is 1. The number of piperidine rings is 1. The molecule has 2 N–H and O–H groups in total. The molecule has 118 valence electrons. The molecule has 1 aliphatic heterocycles. The molecule has 0 radical (unpaired) electrons. The Kier molecular flexibility index (Phi) is 6.95. The van der Waals surface area contributed by atoms with Crippen molar-refractivity contribution in [2.45, 2.75) is 52.4 Å². The zero-order chi connectivity index (χ0) is 15.2. The van der Waals surface area contributed by atoms with E-state index in [0.29, 0.717) is 13.1 Å². The summed E-state index contributed by atoms with van der Waals surface area (Å²) in [7, 11) is -3.40. The fourth-order valence-corrected chi connectivity index (χ4v) is 3.85. The first-order valence-corrected chi connectivity index (χ1v) is 9.38. The van der Waals surface area contributed by atoms with Crippen LogP contribution >= 0.6 is 0 Å². The van der Waals surface area contributed by atoms with Gasteiger partial charge in [-0.25, -0.2) is 13.6 Å². The number of likely N-dealkylation sites (tertiary alicyclic amines) is 1. The van der Waals surface area contributed by atoms with Gasteiger partial charge in [-0.2, -0.15) is 0 Å². The average Bonchev–Trinajstić information content (AvgIpc) is 2.38. The molecule has 0 aromatic carbocycles. The minimum Gasteiger partial charge on any atom is -0.342 e. The van der Waals surface area contributed by atoms with Gasteiger partial charge in [0.2, 0.25) is 15.9 Å². The van der Waals surface area contributed by atoms with E-state index in [1.54, 1.807) is 0 Å². The lowest BCUT2D eigenvalue weighted by Gasteiger charge is -2.33. The molecule has 6 heteroatoms. The van der Waals surface area contributed by atoms with Gasteiger partial charge in [-0.05, 0) is 31.6 Å². The number of carbonyl (C=O) groups excluding carboxylic acids is 1. The maximum atomic E-state index is 12.4. The Morgan fingerprint density at radius 3 is 2.35 bits per heavy atom. The third-order valence-electron chi connectivity index (χ3n) is 4.14. The maximum Gasteiger partial charge on any atom is 0.225 e. The highest BCUT2D eigenvalue weighted by atomic mass is 32.2. The van der Waals surface area contributed by atoms with Gasteiger partial charge < -0.3 is 4.90 Å². The molecule has 0 saturated carbocycles. The number of nitrogens with two attached hydrogens (primary N) is 1. The molecule has 1 saturated heterocycles. The van der Waals surface area contributed by atoms with Crippen LogP contribution in [0, 0.1) is 11.8 Å². The van der Waals surface area contributed by atoms with Gasteiger partial charge in [0, 0.05) is 19.0 Å². The second-order valence-electron chi connectivity index (χ2n) is 5.85. The number of amides is 1. The molecule has 1 atom stereocenters. The van der Waals surface area contributed by atoms with Crippen molar-refractivity contribution in [3.63, 3.8) is 0 Å². The molecule has 0 bridgehead atoms. The number of sulfonamides is 1. The van der Waals surface area contributed by atoms with Crippen molar-refractivity contribution in [1.29, 1.82) is 0 Å². The minimum absolute atomic E-state index is 0.0437. The van der Waals surface area contributed by atoms with Crippen molar-refractivity contribution in [2.24, 2.45) is 17.0 Å². The number of rotatable bonds is 7. The van der Waals surface area contributed by atoms with E-state index in [9.17, 15) is 13.2 Å². The minimum atomic E-state index is -3.40. The molecule has 1 amide bonds. The predicted molar refractivity (Wildman–Crippen MR) is 80.6 cm³/mol. The average molecular weight is 304 g/mol. The van der Waals surface area contributed by atoms with Crippen molar-refractivity contribution in [1.82, 2.24) is 4.90 Å². The molecule has 5 nitrogen and oxygen atoms in total.